The number of esters is 1. The van der Waals surface area contributed by atoms with E-state index in [0.717, 1.165) is 24.1 Å². The SMILES string of the molecule is CCCCCCc1ccnc(-c2ccccc2OC(=O)C(C)CC)c1. The fourth-order valence-electron chi connectivity index (χ4n) is 2.68. The second kappa shape index (κ2) is 9.97. The molecular weight excluding hydrogens is 310 g/mol. The Morgan fingerprint density at radius 2 is 1.92 bits per heavy atom. The molecule has 3 heteroatoms. The van der Waals surface area contributed by atoms with E-state index in [4.69, 9.17) is 4.74 Å². The van der Waals surface area contributed by atoms with Gasteiger partial charge < -0.3 is 4.74 Å². The molecular formula is C22H29NO2. The molecule has 25 heavy (non-hydrogen) atoms. The highest BCUT2D eigenvalue weighted by Crippen LogP contribution is 2.29. The molecule has 3 nitrogen and oxygen atoms in total. The number of pyridine rings is 1. The normalized spacial score (nSPS) is 12.0. The molecule has 0 aliphatic heterocycles. The summed E-state index contributed by atoms with van der Waals surface area (Å²) in [7, 11) is 0. The minimum Gasteiger partial charge on any atom is -0.426 e. The second-order valence-electron chi connectivity index (χ2n) is 6.59. The summed E-state index contributed by atoms with van der Waals surface area (Å²) in [6.07, 6.45) is 8.66. The third-order valence-corrected chi connectivity index (χ3v) is 4.53. The fourth-order valence-corrected chi connectivity index (χ4v) is 2.68. The van der Waals surface area contributed by atoms with Crippen LogP contribution in [0.2, 0.25) is 0 Å². The molecule has 0 aliphatic rings. The van der Waals surface area contributed by atoms with E-state index in [0.29, 0.717) is 5.75 Å². The Morgan fingerprint density at radius 1 is 1.12 bits per heavy atom. The van der Waals surface area contributed by atoms with Gasteiger partial charge in [0.1, 0.15) is 5.75 Å². The number of nitrogens with zero attached hydrogens (tertiary/aromatic N) is 1. The van der Waals surface area contributed by atoms with E-state index in [-0.39, 0.29) is 11.9 Å². The van der Waals surface area contributed by atoms with Gasteiger partial charge in [0.25, 0.3) is 0 Å². The van der Waals surface area contributed by atoms with Gasteiger partial charge in [-0.15, -0.1) is 0 Å². The summed E-state index contributed by atoms with van der Waals surface area (Å²) in [4.78, 5) is 16.6. The molecule has 0 spiro atoms. The molecule has 0 saturated heterocycles. The van der Waals surface area contributed by atoms with Crippen LogP contribution in [-0.4, -0.2) is 11.0 Å². The lowest BCUT2D eigenvalue weighted by Gasteiger charge is -2.13. The lowest BCUT2D eigenvalue weighted by Crippen LogP contribution is -2.17. The van der Waals surface area contributed by atoms with Crippen molar-refractivity contribution >= 4 is 5.97 Å². The van der Waals surface area contributed by atoms with Crippen LogP contribution in [0.15, 0.2) is 42.6 Å². The maximum Gasteiger partial charge on any atom is 0.314 e. The zero-order valence-electron chi connectivity index (χ0n) is 15.6. The lowest BCUT2D eigenvalue weighted by molar-refractivity contribution is -0.138. The van der Waals surface area contributed by atoms with Crippen molar-refractivity contribution in [1.29, 1.82) is 0 Å². The molecule has 0 saturated carbocycles. The van der Waals surface area contributed by atoms with Crippen molar-refractivity contribution in [2.45, 2.75) is 59.3 Å². The Balaban J connectivity index is 2.17. The number of ether oxygens (including phenoxy) is 1. The maximum absolute atomic E-state index is 12.2. The molecule has 0 radical (unpaired) electrons. The highest BCUT2D eigenvalue weighted by Gasteiger charge is 2.16. The molecule has 1 aromatic heterocycles. The topological polar surface area (TPSA) is 39.2 Å². The molecule has 1 unspecified atom stereocenters. The quantitative estimate of drug-likeness (QED) is 0.328. The molecule has 1 aromatic carbocycles. The van der Waals surface area contributed by atoms with Gasteiger partial charge in [0.2, 0.25) is 0 Å². The smallest absolute Gasteiger partial charge is 0.314 e. The van der Waals surface area contributed by atoms with E-state index in [9.17, 15) is 4.79 Å². The van der Waals surface area contributed by atoms with Gasteiger partial charge in [-0.3, -0.25) is 9.78 Å². The zero-order valence-corrected chi connectivity index (χ0v) is 15.6. The van der Waals surface area contributed by atoms with Gasteiger partial charge in [-0.25, -0.2) is 0 Å². The zero-order chi connectivity index (χ0) is 18.1. The second-order valence-corrected chi connectivity index (χ2v) is 6.59. The van der Waals surface area contributed by atoms with Crippen LogP contribution in [0.5, 0.6) is 5.75 Å². The van der Waals surface area contributed by atoms with Crippen molar-refractivity contribution in [3.63, 3.8) is 0 Å². The van der Waals surface area contributed by atoms with Crippen molar-refractivity contribution in [3.8, 4) is 17.0 Å². The summed E-state index contributed by atoms with van der Waals surface area (Å²) in [5, 5.41) is 0. The predicted molar refractivity (Wildman–Crippen MR) is 103 cm³/mol. The Bertz CT molecular complexity index is 681. The van der Waals surface area contributed by atoms with Gasteiger partial charge >= 0.3 is 5.97 Å². The minimum absolute atomic E-state index is 0.106. The van der Waals surface area contributed by atoms with Crippen LogP contribution in [0.1, 0.15) is 58.4 Å². The number of carbonyl (C=O) groups excluding carboxylic acids is 1. The number of aromatic nitrogens is 1. The van der Waals surface area contributed by atoms with E-state index in [1.807, 2.05) is 44.3 Å². The maximum atomic E-state index is 12.2. The molecule has 2 rings (SSSR count). The Labute approximate surface area is 151 Å². The first-order valence-corrected chi connectivity index (χ1v) is 9.41. The Kier molecular flexibility index (Phi) is 7.65. The highest BCUT2D eigenvalue weighted by atomic mass is 16.5. The van der Waals surface area contributed by atoms with Gasteiger partial charge in [-0.05, 0) is 49.1 Å². The van der Waals surface area contributed by atoms with E-state index < -0.39 is 0 Å². The van der Waals surface area contributed by atoms with Crippen LogP contribution < -0.4 is 4.74 Å². The molecule has 1 heterocycles. The van der Waals surface area contributed by atoms with Crippen LogP contribution in [0.3, 0.4) is 0 Å². The monoisotopic (exact) mass is 339 g/mol. The summed E-state index contributed by atoms with van der Waals surface area (Å²) in [6, 6.07) is 11.8. The van der Waals surface area contributed by atoms with Crippen LogP contribution >= 0.6 is 0 Å². The van der Waals surface area contributed by atoms with Crippen LogP contribution in [0.4, 0.5) is 0 Å². The summed E-state index contributed by atoms with van der Waals surface area (Å²) >= 11 is 0. The van der Waals surface area contributed by atoms with Crippen molar-refractivity contribution in [2.75, 3.05) is 0 Å². The molecule has 134 valence electrons. The first-order chi connectivity index (χ1) is 12.2. The number of carbonyl (C=O) groups is 1. The van der Waals surface area contributed by atoms with Crippen molar-refractivity contribution < 1.29 is 9.53 Å². The van der Waals surface area contributed by atoms with Gasteiger partial charge in [0, 0.05) is 11.8 Å². The molecule has 0 aliphatic carbocycles. The van der Waals surface area contributed by atoms with E-state index >= 15 is 0 Å². The third-order valence-electron chi connectivity index (χ3n) is 4.53. The van der Waals surface area contributed by atoms with E-state index in [1.165, 1.54) is 31.2 Å². The van der Waals surface area contributed by atoms with Gasteiger partial charge in [0.15, 0.2) is 0 Å². The van der Waals surface area contributed by atoms with E-state index in [1.54, 1.807) is 0 Å². The summed E-state index contributed by atoms with van der Waals surface area (Å²) < 4.78 is 5.63. The molecule has 0 amide bonds. The number of hydrogen-bond acceptors (Lipinski definition) is 3. The number of rotatable bonds is 9. The fraction of sp³-hybridized carbons (Fsp3) is 0.455. The average Bonchev–Trinajstić information content (AvgIpc) is 2.65. The van der Waals surface area contributed by atoms with Crippen molar-refractivity contribution in [2.24, 2.45) is 5.92 Å². The number of unbranched alkanes of at least 4 members (excludes halogenated alkanes) is 3. The Hall–Kier alpha value is -2.16. The number of aryl methyl sites for hydroxylation is 1. The number of hydrogen-bond donors (Lipinski definition) is 0. The van der Waals surface area contributed by atoms with Crippen LogP contribution in [-0.2, 0) is 11.2 Å². The molecule has 0 N–H and O–H groups in total. The molecule has 1 atom stereocenters. The van der Waals surface area contributed by atoms with Crippen LogP contribution in [0.25, 0.3) is 11.3 Å². The molecule has 0 bridgehead atoms. The minimum atomic E-state index is -0.189. The van der Waals surface area contributed by atoms with Gasteiger partial charge in [-0.1, -0.05) is 52.2 Å². The third kappa shape index (κ3) is 5.70. The van der Waals surface area contributed by atoms with E-state index in [2.05, 4.69) is 24.0 Å². The largest absolute Gasteiger partial charge is 0.426 e. The molecule has 0 fully saturated rings. The van der Waals surface area contributed by atoms with Gasteiger partial charge in [-0.2, -0.15) is 0 Å². The average molecular weight is 339 g/mol. The number of benzene rings is 1. The predicted octanol–water partition coefficient (Wildman–Crippen LogP) is 5.82. The van der Waals surface area contributed by atoms with Gasteiger partial charge in [0.05, 0.1) is 11.6 Å². The first-order valence-electron chi connectivity index (χ1n) is 9.41. The summed E-state index contributed by atoms with van der Waals surface area (Å²) in [5.41, 5.74) is 3.01. The first kappa shape index (κ1) is 19.2. The van der Waals surface area contributed by atoms with Crippen molar-refractivity contribution in [1.82, 2.24) is 4.98 Å². The highest BCUT2D eigenvalue weighted by molar-refractivity contribution is 5.78. The Morgan fingerprint density at radius 3 is 2.68 bits per heavy atom. The van der Waals surface area contributed by atoms with Crippen LogP contribution in [0, 0.1) is 5.92 Å². The summed E-state index contributed by atoms with van der Waals surface area (Å²) in [5.74, 6) is 0.292. The number of para-hydroxylation sites is 1. The van der Waals surface area contributed by atoms with Crippen molar-refractivity contribution in [3.05, 3.63) is 48.2 Å². The summed E-state index contributed by atoms with van der Waals surface area (Å²) in [6.45, 7) is 6.10. The lowest BCUT2D eigenvalue weighted by atomic mass is 10.0. The standard InChI is InChI=1S/C22H29NO2/c1-4-6-7-8-11-18-14-15-23-20(16-18)19-12-9-10-13-21(19)25-22(24)17(3)5-2/h9-10,12-17H,4-8,11H2,1-3H3. The molecule has 2 aromatic rings.